The average molecular weight is 415 g/mol. The van der Waals surface area contributed by atoms with Gasteiger partial charge in [-0.15, -0.1) is 0 Å². The van der Waals surface area contributed by atoms with E-state index >= 15 is 0 Å². The normalized spacial score (nSPS) is 22.5. The molecule has 2 saturated carbocycles. The third-order valence-electron chi connectivity index (χ3n) is 6.66. The number of aromatic amines is 1. The first kappa shape index (κ1) is 21.3. The van der Waals surface area contributed by atoms with Gasteiger partial charge in [-0.25, -0.2) is 5.43 Å². The van der Waals surface area contributed by atoms with Crippen molar-refractivity contribution in [3.05, 3.63) is 28.1 Å². The second kappa shape index (κ2) is 8.65. The summed E-state index contributed by atoms with van der Waals surface area (Å²) in [7, 11) is 3.46. The lowest BCUT2D eigenvalue weighted by Crippen LogP contribution is -2.43. The zero-order valence-corrected chi connectivity index (χ0v) is 18.7. The van der Waals surface area contributed by atoms with Crippen LogP contribution in [0.5, 0.6) is 0 Å². The third kappa shape index (κ3) is 4.24. The first-order valence-electron chi connectivity index (χ1n) is 11.1. The molecule has 0 saturated heterocycles. The van der Waals surface area contributed by atoms with E-state index in [4.69, 9.17) is 9.47 Å². The van der Waals surface area contributed by atoms with Gasteiger partial charge in [-0.1, -0.05) is 0 Å². The van der Waals surface area contributed by atoms with E-state index in [1.165, 1.54) is 29.7 Å². The summed E-state index contributed by atoms with van der Waals surface area (Å²) in [5.41, 5.74) is 9.33. The smallest absolute Gasteiger partial charge is 0.273 e. The zero-order valence-electron chi connectivity index (χ0n) is 18.7. The van der Waals surface area contributed by atoms with Crippen LogP contribution in [0.2, 0.25) is 0 Å². The Kier molecular flexibility index (Phi) is 6.14. The molecule has 2 heterocycles. The second-order valence-electron chi connectivity index (χ2n) is 8.76. The fraction of sp³-hybridized carbons (Fsp3) is 0.652. The number of ether oxygens (including phenoxy) is 2. The number of rotatable bonds is 10. The number of hydrogen-bond acceptors (Lipinski definition) is 5. The average Bonchev–Trinajstić information content (AvgIpc) is 3.66. The van der Waals surface area contributed by atoms with E-state index in [-0.39, 0.29) is 18.4 Å². The molecular formula is C23H34N4O3. The highest BCUT2D eigenvalue weighted by Gasteiger charge is 2.37. The quantitative estimate of drug-likeness (QED) is 0.455. The van der Waals surface area contributed by atoms with Gasteiger partial charge in [0.05, 0.1) is 11.3 Å². The zero-order chi connectivity index (χ0) is 21.4. The van der Waals surface area contributed by atoms with Crippen LogP contribution in [-0.4, -0.2) is 54.7 Å². The van der Waals surface area contributed by atoms with Crippen LogP contribution in [-0.2, 0) is 20.7 Å². The predicted molar refractivity (Wildman–Crippen MR) is 117 cm³/mol. The summed E-state index contributed by atoms with van der Waals surface area (Å²) in [5.74, 6) is 0.937. The molecule has 2 N–H and O–H groups in total. The van der Waals surface area contributed by atoms with Gasteiger partial charge in [-0.2, -0.15) is 5.10 Å². The Labute approximate surface area is 178 Å². The van der Waals surface area contributed by atoms with Crippen LogP contribution in [0.15, 0.2) is 10.7 Å². The summed E-state index contributed by atoms with van der Waals surface area (Å²) in [6.45, 7) is 7.08. The Hall–Kier alpha value is -1.96. The highest BCUT2D eigenvalue weighted by Crippen LogP contribution is 2.45. The number of aryl methyl sites for hydroxylation is 1. The molecule has 2 aliphatic carbocycles. The molecule has 0 radical (unpaired) electrons. The van der Waals surface area contributed by atoms with E-state index < -0.39 is 0 Å². The van der Waals surface area contributed by atoms with Gasteiger partial charge in [0.2, 0.25) is 0 Å². The van der Waals surface area contributed by atoms with Gasteiger partial charge in [0.25, 0.3) is 5.91 Å². The Morgan fingerprint density at radius 2 is 1.77 bits per heavy atom. The number of hydrazone groups is 1. The monoisotopic (exact) mass is 414 g/mol. The van der Waals surface area contributed by atoms with Crippen molar-refractivity contribution in [3.63, 3.8) is 0 Å². The number of carbonyl (C=O) groups is 1. The van der Waals surface area contributed by atoms with Crippen molar-refractivity contribution in [2.45, 2.75) is 71.2 Å². The summed E-state index contributed by atoms with van der Waals surface area (Å²) in [6.07, 6.45) is 7.58. The topological polar surface area (TPSA) is 79.0 Å². The van der Waals surface area contributed by atoms with Gasteiger partial charge in [-0.05, 0) is 76.0 Å². The Morgan fingerprint density at radius 1 is 1.13 bits per heavy atom. The second-order valence-corrected chi connectivity index (χ2v) is 8.76. The molecule has 30 heavy (non-hydrogen) atoms. The van der Waals surface area contributed by atoms with Gasteiger partial charge < -0.3 is 14.5 Å². The molecule has 7 nitrogen and oxygen atoms in total. The van der Waals surface area contributed by atoms with E-state index in [2.05, 4.69) is 41.2 Å². The van der Waals surface area contributed by atoms with Crippen LogP contribution < -0.4 is 5.43 Å². The number of hydrogen-bond donors (Lipinski definition) is 2. The molecular weight excluding hydrogens is 380 g/mol. The largest absolute Gasteiger partial charge is 0.367 e. The number of nitrogens with zero attached hydrogens (tertiary/aromatic N) is 2. The molecule has 1 amide bonds. The summed E-state index contributed by atoms with van der Waals surface area (Å²) < 4.78 is 11.1. The Morgan fingerprint density at radius 3 is 2.33 bits per heavy atom. The summed E-state index contributed by atoms with van der Waals surface area (Å²) in [4.78, 5) is 18.2. The lowest BCUT2D eigenvalue weighted by atomic mass is 9.98. The minimum absolute atomic E-state index is 0.0235. The maximum Gasteiger partial charge on any atom is 0.273 e. The SMILES string of the molecule is COC(C)N(CCc1c(C)[nH]c(C=C2C(=O)NN=C2C2CC2)c1C1CC1)C(C)OC. The van der Waals surface area contributed by atoms with Crippen LogP contribution in [0.4, 0.5) is 0 Å². The predicted octanol–water partition coefficient (Wildman–Crippen LogP) is 3.31. The number of aromatic nitrogens is 1. The van der Waals surface area contributed by atoms with Crippen molar-refractivity contribution in [1.82, 2.24) is 15.3 Å². The van der Waals surface area contributed by atoms with E-state index in [0.717, 1.165) is 42.8 Å². The van der Waals surface area contributed by atoms with Gasteiger partial charge in [0.1, 0.15) is 12.5 Å². The highest BCUT2D eigenvalue weighted by molar-refractivity contribution is 6.28. The standard InChI is InChI=1S/C23H34N4O3/c1-13-18(10-11-27(14(2)29-4)15(3)30-5)21(16-6-7-16)20(24-13)12-19-22(17-8-9-17)25-26-23(19)28/h12,14-17,24H,6-11H2,1-5H3,(H,26,28). The van der Waals surface area contributed by atoms with E-state index in [1.807, 2.05) is 6.08 Å². The Balaban J connectivity index is 1.61. The van der Waals surface area contributed by atoms with E-state index in [1.54, 1.807) is 14.2 Å². The molecule has 0 spiro atoms. The Bertz CT molecular complexity index is 854. The van der Waals surface area contributed by atoms with Gasteiger partial charge in [0, 0.05) is 38.1 Å². The molecule has 7 heteroatoms. The van der Waals surface area contributed by atoms with Crippen molar-refractivity contribution in [2.75, 3.05) is 20.8 Å². The van der Waals surface area contributed by atoms with Crippen LogP contribution in [0.25, 0.3) is 6.08 Å². The van der Waals surface area contributed by atoms with Crippen molar-refractivity contribution >= 4 is 17.7 Å². The van der Waals surface area contributed by atoms with E-state index in [0.29, 0.717) is 11.8 Å². The van der Waals surface area contributed by atoms with Crippen LogP contribution in [0, 0.1) is 12.8 Å². The first-order valence-corrected chi connectivity index (χ1v) is 11.1. The van der Waals surface area contributed by atoms with Gasteiger partial charge in [0.15, 0.2) is 0 Å². The number of nitrogens with one attached hydrogen (secondary N) is 2. The minimum atomic E-state index is -0.0820. The molecule has 1 aromatic heterocycles. The highest BCUT2D eigenvalue weighted by atomic mass is 16.5. The van der Waals surface area contributed by atoms with Gasteiger partial charge in [-0.3, -0.25) is 9.69 Å². The molecule has 0 bridgehead atoms. The maximum atomic E-state index is 12.4. The molecule has 2 atom stereocenters. The van der Waals surface area contributed by atoms with Crippen molar-refractivity contribution < 1.29 is 14.3 Å². The fourth-order valence-electron chi connectivity index (χ4n) is 4.45. The summed E-state index contributed by atoms with van der Waals surface area (Å²) in [6, 6.07) is 0. The van der Waals surface area contributed by atoms with Crippen molar-refractivity contribution in [3.8, 4) is 0 Å². The molecule has 164 valence electrons. The molecule has 0 aromatic carbocycles. The van der Waals surface area contributed by atoms with Crippen LogP contribution in [0.1, 0.15) is 68.0 Å². The number of H-pyrrole nitrogens is 1. The van der Waals surface area contributed by atoms with Crippen LogP contribution in [0.3, 0.4) is 0 Å². The molecule has 1 aromatic rings. The number of carbonyl (C=O) groups excluding carboxylic acids is 1. The lowest BCUT2D eigenvalue weighted by Gasteiger charge is -2.32. The number of amides is 1. The maximum absolute atomic E-state index is 12.4. The number of methoxy groups -OCH3 is 2. The lowest BCUT2D eigenvalue weighted by molar-refractivity contribution is -0.116. The van der Waals surface area contributed by atoms with Gasteiger partial charge >= 0.3 is 0 Å². The molecule has 4 rings (SSSR count). The fourth-order valence-corrected chi connectivity index (χ4v) is 4.45. The molecule has 3 aliphatic rings. The molecule has 2 fully saturated rings. The van der Waals surface area contributed by atoms with E-state index in [9.17, 15) is 4.79 Å². The van der Waals surface area contributed by atoms with Crippen molar-refractivity contribution in [2.24, 2.45) is 11.0 Å². The third-order valence-corrected chi connectivity index (χ3v) is 6.66. The van der Waals surface area contributed by atoms with Crippen molar-refractivity contribution in [1.29, 1.82) is 0 Å². The molecule has 2 unspecified atom stereocenters. The molecule has 1 aliphatic heterocycles. The minimum Gasteiger partial charge on any atom is -0.367 e. The van der Waals surface area contributed by atoms with Crippen LogP contribution >= 0.6 is 0 Å². The summed E-state index contributed by atoms with van der Waals surface area (Å²) in [5, 5.41) is 4.29. The summed E-state index contributed by atoms with van der Waals surface area (Å²) >= 11 is 0. The first-order chi connectivity index (χ1) is 14.4.